The molecule has 2 unspecified atom stereocenters. The fourth-order valence-electron chi connectivity index (χ4n) is 2.96. The van der Waals surface area contributed by atoms with Gasteiger partial charge < -0.3 is 15.3 Å². The summed E-state index contributed by atoms with van der Waals surface area (Å²) >= 11 is 0. The summed E-state index contributed by atoms with van der Waals surface area (Å²) in [4.78, 5) is 25.8. The van der Waals surface area contributed by atoms with E-state index in [2.05, 4.69) is 5.32 Å². The molecule has 2 atom stereocenters. The van der Waals surface area contributed by atoms with Crippen molar-refractivity contribution in [3.63, 3.8) is 0 Å². The number of carbonyl (C=O) groups is 2. The van der Waals surface area contributed by atoms with Crippen LogP contribution >= 0.6 is 0 Å². The van der Waals surface area contributed by atoms with E-state index < -0.39 is 6.10 Å². The number of carbonyl (C=O) groups excluding carboxylic acids is 2. The number of nitrogens with one attached hydrogen (secondary N) is 1. The van der Waals surface area contributed by atoms with Gasteiger partial charge >= 0.3 is 0 Å². The monoisotopic (exact) mass is 318 g/mol. The molecular weight excluding hydrogens is 292 g/mol. The number of benzene rings is 1. The summed E-state index contributed by atoms with van der Waals surface area (Å²) in [5.74, 6) is -0.125. The number of hydrogen-bond acceptors (Lipinski definition) is 3. The molecule has 1 fully saturated rings. The van der Waals surface area contributed by atoms with Gasteiger partial charge in [-0.1, -0.05) is 37.3 Å². The summed E-state index contributed by atoms with van der Waals surface area (Å²) < 4.78 is 0. The molecule has 1 aliphatic heterocycles. The maximum absolute atomic E-state index is 12.3. The molecule has 1 saturated heterocycles. The standard InChI is InChI=1S/C18H26N2O3/c1-2-17(22)20-10-6-9-15(13-20)18(23)19-12-16(21)11-14-7-4-3-5-8-14/h3-5,7-8,15-16,21H,2,6,9-13H2,1H3,(H,19,23). The van der Waals surface area contributed by atoms with Crippen molar-refractivity contribution in [2.75, 3.05) is 19.6 Å². The third kappa shape index (κ3) is 5.36. The number of aliphatic hydroxyl groups is 1. The van der Waals surface area contributed by atoms with Gasteiger partial charge in [0.15, 0.2) is 0 Å². The Bertz CT molecular complexity index is 518. The van der Waals surface area contributed by atoms with Gasteiger partial charge in [-0.3, -0.25) is 9.59 Å². The van der Waals surface area contributed by atoms with Crippen LogP contribution in [0, 0.1) is 5.92 Å². The van der Waals surface area contributed by atoms with Crippen LogP contribution in [0.4, 0.5) is 0 Å². The summed E-state index contributed by atoms with van der Waals surface area (Å²) in [6.45, 7) is 3.32. The predicted molar refractivity (Wildman–Crippen MR) is 88.8 cm³/mol. The number of piperidine rings is 1. The lowest BCUT2D eigenvalue weighted by Crippen LogP contribution is -2.46. The van der Waals surface area contributed by atoms with E-state index in [4.69, 9.17) is 0 Å². The molecule has 1 aromatic rings. The van der Waals surface area contributed by atoms with Gasteiger partial charge in [0.05, 0.1) is 12.0 Å². The Balaban J connectivity index is 1.76. The molecule has 126 valence electrons. The highest BCUT2D eigenvalue weighted by Gasteiger charge is 2.27. The number of nitrogens with zero attached hydrogens (tertiary/aromatic N) is 1. The lowest BCUT2D eigenvalue weighted by molar-refractivity contribution is -0.135. The lowest BCUT2D eigenvalue weighted by atomic mass is 9.96. The van der Waals surface area contributed by atoms with Crippen molar-refractivity contribution >= 4 is 11.8 Å². The minimum absolute atomic E-state index is 0.0642. The molecular formula is C18H26N2O3. The molecule has 0 bridgehead atoms. The highest BCUT2D eigenvalue weighted by Crippen LogP contribution is 2.17. The van der Waals surface area contributed by atoms with Gasteiger partial charge in [-0.25, -0.2) is 0 Å². The van der Waals surface area contributed by atoms with Gasteiger partial charge in [0.25, 0.3) is 0 Å². The molecule has 2 rings (SSSR count). The molecule has 2 amide bonds. The van der Waals surface area contributed by atoms with Gasteiger partial charge in [-0.2, -0.15) is 0 Å². The van der Waals surface area contributed by atoms with Crippen molar-refractivity contribution < 1.29 is 14.7 Å². The summed E-state index contributed by atoms with van der Waals surface area (Å²) in [6.07, 6.45) is 2.05. The van der Waals surface area contributed by atoms with Crippen LogP contribution in [-0.4, -0.2) is 47.6 Å². The number of aliphatic hydroxyl groups excluding tert-OH is 1. The lowest BCUT2D eigenvalue weighted by Gasteiger charge is -2.32. The molecule has 23 heavy (non-hydrogen) atoms. The van der Waals surface area contributed by atoms with E-state index in [-0.39, 0.29) is 24.3 Å². The second kappa shape index (κ2) is 8.67. The van der Waals surface area contributed by atoms with Crippen LogP contribution in [0.2, 0.25) is 0 Å². The molecule has 0 aliphatic carbocycles. The van der Waals surface area contributed by atoms with E-state index in [0.717, 1.165) is 24.9 Å². The third-order valence-electron chi connectivity index (χ3n) is 4.27. The Labute approximate surface area is 137 Å². The molecule has 0 radical (unpaired) electrons. The fourth-order valence-corrected chi connectivity index (χ4v) is 2.96. The second-order valence-corrected chi connectivity index (χ2v) is 6.12. The van der Waals surface area contributed by atoms with Crippen LogP contribution in [0.5, 0.6) is 0 Å². The minimum atomic E-state index is -0.599. The Morgan fingerprint density at radius 3 is 2.78 bits per heavy atom. The smallest absolute Gasteiger partial charge is 0.224 e. The van der Waals surface area contributed by atoms with Crippen LogP contribution in [-0.2, 0) is 16.0 Å². The number of hydrogen-bond donors (Lipinski definition) is 2. The average Bonchev–Trinajstić information content (AvgIpc) is 2.60. The van der Waals surface area contributed by atoms with Gasteiger partial charge in [-0.05, 0) is 18.4 Å². The van der Waals surface area contributed by atoms with E-state index in [1.165, 1.54) is 0 Å². The second-order valence-electron chi connectivity index (χ2n) is 6.12. The van der Waals surface area contributed by atoms with E-state index >= 15 is 0 Å². The first kappa shape index (κ1) is 17.5. The van der Waals surface area contributed by atoms with Crippen LogP contribution in [0.25, 0.3) is 0 Å². The van der Waals surface area contributed by atoms with Gasteiger partial charge in [0, 0.05) is 32.5 Å². The van der Waals surface area contributed by atoms with Crippen LogP contribution < -0.4 is 5.32 Å². The third-order valence-corrected chi connectivity index (χ3v) is 4.27. The summed E-state index contributed by atoms with van der Waals surface area (Å²) in [5, 5.41) is 12.9. The Morgan fingerprint density at radius 1 is 1.35 bits per heavy atom. The van der Waals surface area contributed by atoms with Crippen LogP contribution in [0.3, 0.4) is 0 Å². The van der Waals surface area contributed by atoms with Crippen molar-refractivity contribution in [1.29, 1.82) is 0 Å². The fraction of sp³-hybridized carbons (Fsp3) is 0.556. The zero-order chi connectivity index (χ0) is 16.7. The van der Waals surface area contributed by atoms with E-state index in [9.17, 15) is 14.7 Å². The van der Waals surface area contributed by atoms with E-state index in [1.54, 1.807) is 4.90 Å². The molecule has 2 N–H and O–H groups in total. The number of likely N-dealkylation sites (tertiary alicyclic amines) is 1. The van der Waals surface area contributed by atoms with Gasteiger partial charge in [0.2, 0.25) is 11.8 Å². The van der Waals surface area contributed by atoms with Crippen molar-refractivity contribution in [2.45, 2.75) is 38.7 Å². The Hall–Kier alpha value is -1.88. The van der Waals surface area contributed by atoms with E-state index in [1.807, 2.05) is 37.3 Å². The normalized spacial score (nSPS) is 19.2. The summed E-state index contributed by atoms with van der Waals surface area (Å²) in [7, 11) is 0. The molecule has 1 aliphatic rings. The van der Waals surface area contributed by atoms with E-state index in [0.29, 0.717) is 19.4 Å². The average molecular weight is 318 g/mol. The summed E-state index contributed by atoms with van der Waals surface area (Å²) in [6, 6.07) is 9.72. The van der Waals surface area contributed by atoms with Crippen LogP contribution in [0.1, 0.15) is 31.7 Å². The maximum Gasteiger partial charge on any atom is 0.224 e. The van der Waals surface area contributed by atoms with Crippen LogP contribution in [0.15, 0.2) is 30.3 Å². The largest absolute Gasteiger partial charge is 0.391 e. The molecule has 0 aromatic heterocycles. The summed E-state index contributed by atoms with van der Waals surface area (Å²) in [5.41, 5.74) is 1.05. The first-order valence-corrected chi connectivity index (χ1v) is 8.37. The van der Waals surface area contributed by atoms with Crippen molar-refractivity contribution in [1.82, 2.24) is 10.2 Å². The molecule has 1 heterocycles. The SMILES string of the molecule is CCC(=O)N1CCCC(C(=O)NCC(O)Cc2ccccc2)C1. The van der Waals surface area contributed by atoms with Gasteiger partial charge in [0.1, 0.15) is 0 Å². The Kier molecular flexibility index (Phi) is 6.59. The van der Waals surface area contributed by atoms with Crippen molar-refractivity contribution in [3.8, 4) is 0 Å². The highest BCUT2D eigenvalue weighted by atomic mass is 16.3. The maximum atomic E-state index is 12.3. The molecule has 5 heteroatoms. The first-order valence-electron chi connectivity index (χ1n) is 8.37. The minimum Gasteiger partial charge on any atom is -0.391 e. The zero-order valence-electron chi connectivity index (χ0n) is 13.7. The topological polar surface area (TPSA) is 69.6 Å². The molecule has 1 aromatic carbocycles. The van der Waals surface area contributed by atoms with Crippen molar-refractivity contribution in [3.05, 3.63) is 35.9 Å². The highest BCUT2D eigenvalue weighted by molar-refractivity contribution is 5.81. The van der Waals surface area contributed by atoms with Crippen molar-refractivity contribution in [2.24, 2.45) is 5.92 Å². The first-order chi connectivity index (χ1) is 11.1. The molecule has 5 nitrogen and oxygen atoms in total. The quantitative estimate of drug-likeness (QED) is 0.832. The van der Waals surface area contributed by atoms with Gasteiger partial charge in [-0.15, -0.1) is 0 Å². The predicted octanol–water partition coefficient (Wildman–Crippen LogP) is 1.35. The number of rotatable bonds is 6. The number of amides is 2. The Morgan fingerprint density at radius 2 is 2.09 bits per heavy atom. The zero-order valence-corrected chi connectivity index (χ0v) is 13.7. The molecule has 0 saturated carbocycles. The molecule has 0 spiro atoms.